The Bertz CT molecular complexity index is 1200. The summed E-state index contributed by atoms with van der Waals surface area (Å²) in [6.07, 6.45) is -1.03. The van der Waals surface area contributed by atoms with Gasteiger partial charge in [0.15, 0.2) is 6.10 Å². The molecule has 3 aromatic rings. The van der Waals surface area contributed by atoms with Gasteiger partial charge in [0.25, 0.3) is 5.91 Å². The van der Waals surface area contributed by atoms with Crippen molar-refractivity contribution in [2.75, 3.05) is 7.05 Å². The van der Waals surface area contributed by atoms with E-state index in [0.29, 0.717) is 6.54 Å². The van der Waals surface area contributed by atoms with Crippen LogP contribution in [0.3, 0.4) is 0 Å². The molecule has 0 heterocycles. The number of nitrogens with one attached hydrogen (secondary N) is 1. The average molecular weight is 467 g/mol. The van der Waals surface area contributed by atoms with Crippen molar-refractivity contribution in [2.24, 2.45) is 0 Å². The van der Waals surface area contributed by atoms with Crippen LogP contribution in [-0.2, 0) is 32.6 Å². The lowest BCUT2D eigenvalue weighted by Crippen LogP contribution is -2.37. The third kappa shape index (κ3) is 6.74. The molecule has 1 atom stereocenters. The van der Waals surface area contributed by atoms with Gasteiger partial charge in [0.2, 0.25) is 10.0 Å². The molecule has 8 heteroatoms. The molecule has 0 radical (unpaired) electrons. The van der Waals surface area contributed by atoms with Crippen LogP contribution in [0.25, 0.3) is 0 Å². The number of carbonyl (C=O) groups is 2. The first-order chi connectivity index (χ1) is 15.8. The minimum atomic E-state index is -3.84. The second kappa shape index (κ2) is 10.9. The van der Waals surface area contributed by atoms with E-state index in [1.807, 2.05) is 60.7 Å². The van der Waals surface area contributed by atoms with Gasteiger partial charge < -0.3 is 9.64 Å². The summed E-state index contributed by atoms with van der Waals surface area (Å²) in [7, 11) is -2.21. The number of esters is 1. The molecule has 3 rings (SSSR count). The van der Waals surface area contributed by atoms with E-state index < -0.39 is 22.1 Å². The third-order valence-electron chi connectivity index (χ3n) is 4.96. The van der Waals surface area contributed by atoms with Gasteiger partial charge in [-0.3, -0.25) is 4.79 Å². The Morgan fingerprint density at radius 1 is 0.909 bits per heavy atom. The number of hydrogen-bond donors (Lipinski definition) is 1. The summed E-state index contributed by atoms with van der Waals surface area (Å²) >= 11 is 0. The highest BCUT2D eigenvalue weighted by Gasteiger charge is 2.23. The number of amides is 1. The van der Waals surface area contributed by atoms with E-state index >= 15 is 0 Å². The van der Waals surface area contributed by atoms with Gasteiger partial charge in [0, 0.05) is 20.1 Å². The number of carbonyl (C=O) groups excluding carboxylic acids is 2. The second-order valence-corrected chi connectivity index (χ2v) is 9.33. The van der Waals surface area contributed by atoms with Crippen LogP contribution in [0.15, 0.2) is 89.8 Å². The fourth-order valence-corrected chi connectivity index (χ4v) is 4.24. The van der Waals surface area contributed by atoms with E-state index in [1.54, 1.807) is 7.05 Å². The van der Waals surface area contributed by atoms with Crippen LogP contribution in [0, 0.1) is 0 Å². The fraction of sp³-hybridized carbons (Fsp3) is 0.200. The quantitative estimate of drug-likeness (QED) is 0.488. The lowest BCUT2D eigenvalue weighted by Gasteiger charge is -2.21. The zero-order valence-electron chi connectivity index (χ0n) is 18.5. The SMILES string of the molecule is CC(OC(=O)c1cccc(S(=O)(=O)NCc2ccccc2)c1)C(=O)N(C)Cc1ccccc1. The Kier molecular flexibility index (Phi) is 7.97. The molecule has 1 N–H and O–H groups in total. The van der Waals surface area contributed by atoms with E-state index in [-0.39, 0.29) is 22.9 Å². The van der Waals surface area contributed by atoms with Crippen LogP contribution in [0.1, 0.15) is 28.4 Å². The Morgan fingerprint density at radius 3 is 2.15 bits per heavy atom. The Balaban J connectivity index is 1.63. The smallest absolute Gasteiger partial charge is 0.338 e. The molecule has 172 valence electrons. The van der Waals surface area contributed by atoms with Gasteiger partial charge in [-0.25, -0.2) is 17.9 Å². The average Bonchev–Trinajstić information content (AvgIpc) is 2.83. The first kappa shape index (κ1) is 24.2. The topological polar surface area (TPSA) is 92.8 Å². The molecule has 0 spiro atoms. The standard InChI is InChI=1S/C25H26N2O5S/c1-19(24(28)27(2)18-21-12-7-4-8-13-21)32-25(29)22-14-9-15-23(16-22)33(30,31)26-17-20-10-5-3-6-11-20/h3-16,19,26H,17-18H2,1-2H3. The molecule has 0 aromatic heterocycles. The molecular weight excluding hydrogens is 440 g/mol. The van der Waals surface area contributed by atoms with Gasteiger partial charge >= 0.3 is 5.97 Å². The number of sulfonamides is 1. The minimum absolute atomic E-state index is 0.0444. The summed E-state index contributed by atoms with van der Waals surface area (Å²) in [5.41, 5.74) is 1.80. The highest BCUT2D eigenvalue weighted by Crippen LogP contribution is 2.15. The molecule has 7 nitrogen and oxygen atoms in total. The molecule has 3 aromatic carbocycles. The second-order valence-electron chi connectivity index (χ2n) is 7.57. The maximum atomic E-state index is 12.6. The molecule has 1 amide bonds. The van der Waals surface area contributed by atoms with E-state index in [4.69, 9.17) is 4.74 Å². The van der Waals surface area contributed by atoms with Crippen molar-refractivity contribution in [2.45, 2.75) is 31.0 Å². The van der Waals surface area contributed by atoms with Gasteiger partial charge in [0.1, 0.15) is 0 Å². The van der Waals surface area contributed by atoms with Crippen molar-refractivity contribution >= 4 is 21.9 Å². The predicted molar refractivity (Wildman–Crippen MR) is 125 cm³/mol. The van der Waals surface area contributed by atoms with E-state index in [1.165, 1.54) is 36.1 Å². The molecule has 0 aliphatic carbocycles. The lowest BCUT2D eigenvalue weighted by atomic mass is 10.2. The Hall–Kier alpha value is -3.49. The van der Waals surface area contributed by atoms with Crippen LogP contribution >= 0.6 is 0 Å². The number of ether oxygens (including phenoxy) is 1. The number of likely N-dealkylation sites (N-methyl/N-ethyl adjacent to an activating group) is 1. The van der Waals surface area contributed by atoms with Crippen molar-refractivity contribution < 1.29 is 22.7 Å². The van der Waals surface area contributed by atoms with Gasteiger partial charge in [-0.1, -0.05) is 66.7 Å². The number of benzene rings is 3. The molecule has 0 saturated carbocycles. The van der Waals surface area contributed by atoms with E-state index in [2.05, 4.69) is 4.72 Å². The Labute approximate surface area is 194 Å². The van der Waals surface area contributed by atoms with Crippen LogP contribution < -0.4 is 4.72 Å². The molecule has 0 bridgehead atoms. The molecular formula is C25H26N2O5S. The summed E-state index contributed by atoms with van der Waals surface area (Å²) in [5, 5.41) is 0. The van der Waals surface area contributed by atoms with Crippen LogP contribution in [0.2, 0.25) is 0 Å². The van der Waals surface area contributed by atoms with Crippen molar-refractivity contribution in [3.63, 3.8) is 0 Å². The van der Waals surface area contributed by atoms with E-state index in [9.17, 15) is 18.0 Å². The van der Waals surface area contributed by atoms with Crippen LogP contribution in [0.4, 0.5) is 0 Å². The van der Waals surface area contributed by atoms with Gasteiger partial charge in [0.05, 0.1) is 10.5 Å². The normalized spacial score (nSPS) is 12.1. The third-order valence-corrected chi connectivity index (χ3v) is 6.36. The summed E-state index contributed by atoms with van der Waals surface area (Å²) in [4.78, 5) is 26.6. The van der Waals surface area contributed by atoms with Crippen LogP contribution in [0.5, 0.6) is 0 Å². The largest absolute Gasteiger partial charge is 0.449 e. The highest BCUT2D eigenvalue weighted by atomic mass is 32.2. The van der Waals surface area contributed by atoms with E-state index in [0.717, 1.165) is 11.1 Å². The summed E-state index contributed by atoms with van der Waals surface area (Å²) < 4.78 is 33.1. The fourth-order valence-electron chi connectivity index (χ4n) is 3.17. The van der Waals surface area contributed by atoms with Crippen molar-refractivity contribution in [1.82, 2.24) is 9.62 Å². The first-order valence-corrected chi connectivity index (χ1v) is 11.9. The summed E-state index contributed by atoms with van der Waals surface area (Å²) in [6.45, 7) is 1.99. The van der Waals surface area contributed by atoms with Crippen LogP contribution in [-0.4, -0.2) is 38.3 Å². The molecule has 0 aliphatic rings. The van der Waals surface area contributed by atoms with Crippen molar-refractivity contribution in [1.29, 1.82) is 0 Å². The molecule has 0 saturated heterocycles. The number of nitrogens with zero attached hydrogens (tertiary/aromatic N) is 1. The monoisotopic (exact) mass is 466 g/mol. The molecule has 1 unspecified atom stereocenters. The maximum absolute atomic E-state index is 12.6. The van der Waals surface area contributed by atoms with Crippen molar-refractivity contribution in [3.05, 3.63) is 102 Å². The summed E-state index contributed by atoms with van der Waals surface area (Å²) in [6, 6.07) is 24.1. The van der Waals surface area contributed by atoms with Gasteiger partial charge in [-0.05, 0) is 36.2 Å². The zero-order valence-corrected chi connectivity index (χ0v) is 19.3. The molecule has 0 fully saturated rings. The predicted octanol–water partition coefficient (Wildman–Crippen LogP) is 3.37. The number of rotatable bonds is 9. The van der Waals surface area contributed by atoms with Gasteiger partial charge in [-0.15, -0.1) is 0 Å². The molecule has 33 heavy (non-hydrogen) atoms. The highest BCUT2D eigenvalue weighted by molar-refractivity contribution is 7.89. The van der Waals surface area contributed by atoms with Crippen molar-refractivity contribution in [3.8, 4) is 0 Å². The minimum Gasteiger partial charge on any atom is -0.449 e. The molecule has 0 aliphatic heterocycles. The lowest BCUT2D eigenvalue weighted by molar-refractivity contribution is -0.139. The maximum Gasteiger partial charge on any atom is 0.338 e. The zero-order chi connectivity index (χ0) is 23.8. The Morgan fingerprint density at radius 2 is 1.52 bits per heavy atom. The summed E-state index contributed by atoms with van der Waals surface area (Å²) in [5.74, 6) is -1.13. The number of hydrogen-bond acceptors (Lipinski definition) is 5. The first-order valence-electron chi connectivity index (χ1n) is 10.4. The van der Waals surface area contributed by atoms with Gasteiger partial charge in [-0.2, -0.15) is 0 Å².